The molecule has 1 aliphatic heterocycles. The van der Waals surface area contributed by atoms with Gasteiger partial charge in [0.15, 0.2) is 0 Å². The van der Waals surface area contributed by atoms with Gasteiger partial charge >= 0.3 is 6.09 Å². The fraction of sp³-hybridized carbons (Fsp3) is 0.375. The minimum Gasteiger partial charge on any atom is -0.410 e. The van der Waals surface area contributed by atoms with Crippen molar-refractivity contribution in [2.24, 2.45) is 5.92 Å². The number of nitrogens with zero attached hydrogens (tertiary/aromatic N) is 2. The highest BCUT2D eigenvalue weighted by atomic mass is 16.6. The van der Waals surface area contributed by atoms with E-state index in [0.29, 0.717) is 5.75 Å². The molecule has 0 spiro atoms. The number of carbonyl (C=O) groups excluding carboxylic acids is 1. The molecule has 0 atom stereocenters. The second kappa shape index (κ2) is 8.96. The van der Waals surface area contributed by atoms with Crippen molar-refractivity contribution in [3.63, 3.8) is 0 Å². The molecular weight excluding hydrogens is 348 g/mol. The summed E-state index contributed by atoms with van der Waals surface area (Å²) in [7, 11) is 0. The van der Waals surface area contributed by atoms with Crippen LogP contribution in [-0.4, -0.2) is 28.6 Å². The van der Waals surface area contributed by atoms with Crippen LogP contribution in [0.25, 0.3) is 10.9 Å². The number of aryl methyl sites for hydroxylation is 1. The number of para-hydroxylation sites is 2. The number of likely N-dealkylation sites (tertiary alicyclic amines) is 1. The summed E-state index contributed by atoms with van der Waals surface area (Å²) in [5, 5.41) is 1.32. The third-order valence-corrected chi connectivity index (χ3v) is 5.76. The largest absolute Gasteiger partial charge is 0.415 e. The van der Waals surface area contributed by atoms with Crippen LogP contribution in [-0.2, 0) is 6.54 Å². The van der Waals surface area contributed by atoms with E-state index in [0.717, 1.165) is 38.4 Å². The van der Waals surface area contributed by atoms with E-state index in [9.17, 15) is 4.79 Å². The molecule has 2 heterocycles. The number of hydrogen-bond acceptors (Lipinski definition) is 2. The van der Waals surface area contributed by atoms with Gasteiger partial charge in [-0.05, 0) is 54.8 Å². The molecule has 0 N–H and O–H groups in total. The van der Waals surface area contributed by atoms with Gasteiger partial charge in [0, 0.05) is 31.3 Å². The summed E-state index contributed by atoms with van der Waals surface area (Å²) >= 11 is 0. The van der Waals surface area contributed by atoms with Crippen molar-refractivity contribution < 1.29 is 9.53 Å². The molecule has 0 radical (unpaired) electrons. The lowest BCUT2D eigenvalue weighted by Crippen LogP contribution is -2.40. The zero-order chi connectivity index (χ0) is 19.2. The molecule has 146 valence electrons. The summed E-state index contributed by atoms with van der Waals surface area (Å²) in [6.07, 6.45) is 7.83. The van der Waals surface area contributed by atoms with Crippen LogP contribution in [0.15, 0.2) is 66.9 Å². The molecule has 2 aromatic carbocycles. The first-order valence-corrected chi connectivity index (χ1v) is 10.4. The normalized spacial score (nSPS) is 15.1. The monoisotopic (exact) mass is 376 g/mol. The first-order chi connectivity index (χ1) is 13.8. The topological polar surface area (TPSA) is 34.5 Å². The van der Waals surface area contributed by atoms with Gasteiger partial charge in [0.2, 0.25) is 0 Å². The number of carbonyl (C=O) groups is 1. The molecule has 1 aliphatic rings. The van der Waals surface area contributed by atoms with Gasteiger partial charge in [-0.2, -0.15) is 0 Å². The lowest BCUT2D eigenvalue weighted by molar-refractivity contribution is 0.129. The van der Waals surface area contributed by atoms with Crippen LogP contribution >= 0.6 is 0 Å². The molecule has 4 heteroatoms. The van der Waals surface area contributed by atoms with Gasteiger partial charge in [-0.15, -0.1) is 0 Å². The highest BCUT2D eigenvalue weighted by Crippen LogP contribution is 2.24. The summed E-state index contributed by atoms with van der Waals surface area (Å²) in [6, 6.07) is 20.1. The van der Waals surface area contributed by atoms with E-state index in [-0.39, 0.29) is 6.09 Å². The van der Waals surface area contributed by atoms with Gasteiger partial charge in [-0.25, -0.2) is 4.79 Å². The van der Waals surface area contributed by atoms with Crippen molar-refractivity contribution in [2.45, 2.75) is 38.6 Å². The average molecular weight is 377 g/mol. The average Bonchev–Trinajstić information content (AvgIpc) is 3.15. The SMILES string of the molecule is O=C(Oc1ccccc1)N1CCC(CCCCn2ccc3ccccc32)CC1. The van der Waals surface area contributed by atoms with E-state index < -0.39 is 0 Å². The van der Waals surface area contributed by atoms with Crippen LogP contribution in [0, 0.1) is 5.92 Å². The molecule has 0 unspecified atom stereocenters. The predicted octanol–water partition coefficient (Wildman–Crippen LogP) is 5.72. The maximum Gasteiger partial charge on any atom is 0.415 e. The van der Waals surface area contributed by atoms with Crippen LogP contribution < -0.4 is 4.74 Å². The number of benzene rings is 2. The second-order valence-electron chi connectivity index (χ2n) is 7.68. The highest BCUT2D eigenvalue weighted by molar-refractivity contribution is 5.79. The number of ether oxygens (including phenoxy) is 1. The van der Waals surface area contributed by atoms with Crippen molar-refractivity contribution >= 4 is 17.0 Å². The Labute approximate surface area is 166 Å². The second-order valence-corrected chi connectivity index (χ2v) is 7.68. The minimum absolute atomic E-state index is 0.218. The van der Waals surface area contributed by atoms with Gasteiger partial charge in [0.05, 0.1) is 0 Å². The fourth-order valence-corrected chi connectivity index (χ4v) is 4.11. The van der Waals surface area contributed by atoms with Gasteiger partial charge in [-0.1, -0.05) is 49.2 Å². The van der Waals surface area contributed by atoms with Gasteiger partial charge in [0.1, 0.15) is 5.75 Å². The lowest BCUT2D eigenvalue weighted by Gasteiger charge is -2.31. The molecule has 1 amide bonds. The third kappa shape index (κ3) is 4.56. The number of aromatic nitrogens is 1. The van der Waals surface area contributed by atoms with E-state index in [2.05, 4.69) is 41.1 Å². The quantitative estimate of drug-likeness (QED) is 0.516. The Bertz CT molecular complexity index is 895. The van der Waals surface area contributed by atoms with E-state index in [1.807, 2.05) is 35.2 Å². The van der Waals surface area contributed by atoms with E-state index in [1.54, 1.807) is 0 Å². The number of hydrogen-bond donors (Lipinski definition) is 0. The van der Waals surface area contributed by atoms with Crippen molar-refractivity contribution in [3.8, 4) is 5.75 Å². The Morgan fingerprint density at radius 1 is 0.929 bits per heavy atom. The molecule has 0 aliphatic carbocycles. The molecular formula is C24H28N2O2. The maximum atomic E-state index is 12.3. The lowest BCUT2D eigenvalue weighted by atomic mass is 9.92. The van der Waals surface area contributed by atoms with Gasteiger partial charge < -0.3 is 14.2 Å². The smallest absolute Gasteiger partial charge is 0.410 e. The van der Waals surface area contributed by atoms with Crippen molar-refractivity contribution in [1.82, 2.24) is 9.47 Å². The minimum atomic E-state index is -0.218. The van der Waals surface area contributed by atoms with E-state index in [1.165, 1.54) is 30.2 Å². The molecule has 4 rings (SSSR count). The highest BCUT2D eigenvalue weighted by Gasteiger charge is 2.23. The summed E-state index contributed by atoms with van der Waals surface area (Å²) in [6.45, 7) is 2.69. The number of fused-ring (bicyclic) bond motifs is 1. The van der Waals surface area contributed by atoms with Crippen molar-refractivity contribution in [1.29, 1.82) is 0 Å². The molecule has 28 heavy (non-hydrogen) atoms. The molecule has 0 saturated carbocycles. The van der Waals surface area contributed by atoms with Crippen molar-refractivity contribution in [2.75, 3.05) is 13.1 Å². The summed E-state index contributed by atoms with van der Waals surface area (Å²) in [5.41, 5.74) is 1.33. The van der Waals surface area contributed by atoms with Crippen LogP contribution in [0.3, 0.4) is 0 Å². The Morgan fingerprint density at radius 3 is 2.50 bits per heavy atom. The van der Waals surface area contributed by atoms with Crippen LogP contribution in [0.1, 0.15) is 32.1 Å². The summed E-state index contributed by atoms with van der Waals surface area (Å²) in [4.78, 5) is 14.1. The zero-order valence-corrected chi connectivity index (χ0v) is 16.3. The number of unbranched alkanes of at least 4 members (excludes halogenated alkanes) is 1. The van der Waals surface area contributed by atoms with Gasteiger partial charge in [-0.3, -0.25) is 0 Å². The fourth-order valence-electron chi connectivity index (χ4n) is 4.11. The Morgan fingerprint density at radius 2 is 1.68 bits per heavy atom. The molecule has 1 saturated heterocycles. The Balaban J connectivity index is 1.16. The Hall–Kier alpha value is -2.75. The summed E-state index contributed by atoms with van der Waals surface area (Å²) in [5.74, 6) is 1.34. The first-order valence-electron chi connectivity index (χ1n) is 10.4. The van der Waals surface area contributed by atoms with Crippen LogP contribution in [0.2, 0.25) is 0 Å². The Kier molecular flexibility index (Phi) is 5.95. The van der Waals surface area contributed by atoms with E-state index >= 15 is 0 Å². The predicted molar refractivity (Wildman–Crippen MR) is 113 cm³/mol. The standard InChI is InChI=1S/C24H28N2O2/c27-24(28-22-10-2-1-3-11-22)26-17-13-20(14-18-26)8-6-7-16-25-19-15-21-9-4-5-12-23(21)25/h1-5,9-12,15,19-20H,6-8,13-14,16-18H2. The zero-order valence-electron chi connectivity index (χ0n) is 16.3. The summed E-state index contributed by atoms with van der Waals surface area (Å²) < 4.78 is 7.81. The molecule has 0 bridgehead atoms. The molecule has 1 fully saturated rings. The molecule has 1 aromatic heterocycles. The van der Waals surface area contributed by atoms with Crippen LogP contribution in [0.5, 0.6) is 5.75 Å². The van der Waals surface area contributed by atoms with Gasteiger partial charge in [0.25, 0.3) is 0 Å². The van der Waals surface area contributed by atoms with E-state index in [4.69, 9.17) is 4.74 Å². The number of rotatable bonds is 6. The number of piperidine rings is 1. The maximum absolute atomic E-state index is 12.3. The van der Waals surface area contributed by atoms with Crippen LogP contribution in [0.4, 0.5) is 4.79 Å². The number of amides is 1. The third-order valence-electron chi connectivity index (χ3n) is 5.76. The van der Waals surface area contributed by atoms with Crippen molar-refractivity contribution in [3.05, 3.63) is 66.9 Å². The molecule has 4 nitrogen and oxygen atoms in total. The molecule has 3 aromatic rings. The first kappa shape index (κ1) is 18.6.